The van der Waals surface area contributed by atoms with Gasteiger partial charge in [0.25, 0.3) is 0 Å². The number of quaternary nitrogens is 1. The molecule has 0 spiro atoms. The number of nitrogens with one attached hydrogen (secondary N) is 2. The molecule has 1 fully saturated rings. The van der Waals surface area contributed by atoms with Crippen molar-refractivity contribution >= 4 is 10.9 Å². The molecule has 0 bridgehead atoms. The molecule has 1 aromatic heterocycles. The lowest BCUT2D eigenvalue weighted by Gasteiger charge is -2.10. The van der Waals surface area contributed by atoms with Gasteiger partial charge in [-0.1, -0.05) is 18.2 Å². The fourth-order valence-electron chi connectivity index (χ4n) is 2.60. The van der Waals surface area contributed by atoms with Crippen molar-refractivity contribution in [2.24, 2.45) is 0 Å². The first-order valence-corrected chi connectivity index (χ1v) is 5.82. The second-order valence-corrected chi connectivity index (χ2v) is 4.49. The Morgan fingerprint density at radius 3 is 2.80 bits per heavy atom. The summed E-state index contributed by atoms with van der Waals surface area (Å²) in [6.07, 6.45) is 4.98. The molecule has 0 amide bonds. The fourth-order valence-corrected chi connectivity index (χ4v) is 2.60. The molecule has 0 unspecified atom stereocenters. The molecule has 1 aliphatic rings. The number of rotatable bonds is 2. The van der Waals surface area contributed by atoms with E-state index in [2.05, 4.69) is 35.4 Å². The number of aromatic amines is 1. The van der Waals surface area contributed by atoms with Crippen molar-refractivity contribution in [2.45, 2.75) is 19.4 Å². The normalized spacial score (nSPS) is 17.6. The van der Waals surface area contributed by atoms with Gasteiger partial charge in [0.1, 0.15) is 6.54 Å². The lowest BCUT2D eigenvalue weighted by molar-refractivity contribution is -0.901. The van der Waals surface area contributed by atoms with Crippen LogP contribution >= 0.6 is 0 Å². The molecule has 1 aromatic carbocycles. The smallest absolute Gasteiger partial charge is 0.105 e. The molecule has 2 N–H and O–H groups in total. The summed E-state index contributed by atoms with van der Waals surface area (Å²) in [4.78, 5) is 5.08. The number of likely N-dealkylation sites (tertiary alicyclic amines) is 1. The molecular weight excluding hydrogens is 184 g/mol. The van der Waals surface area contributed by atoms with Gasteiger partial charge in [-0.05, 0) is 6.07 Å². The van der Waals surface area contributed by atoms with E-state index in [0.29, 0.717) is 0 Å². The zero-order chi connectivity index (χ0) is 10.1. The van der Waals surface area contributed by atoms with E-state index in [-0.39, 0.29) is 0 Å². The third-order valence-corrected chi connectivity index (χ3v) is 3.43. The molecule has 0 atom stereocenters. The minimum Gasteiger partial charge on any atom is -0.361 e. The molecule has 2 aromatic rings. The Hall–Kier alpha value is -1.28. The number of hydrogen-bond donors (Lipinski definition) is 2. The molecule has 2 nitrogen and oxygen atoms in total. The van der Waals surface area contributed by atoms with Gasteiger partial charge in [0.15, 0.2) is 0 Å². The van der Waals surface area contributed by atoms with Crippen LogP contribution in [0.4, 0.5) is 0 Å². The summed E-state index contributed by atoms with van der Waals surface area (Å²) in [5.74, 6) is 0. The highest BCUT2D eigenvalue weighted by Gasteiger charge is 2.16. The molecule has 0 radical (unpaired) electrons. The molecule has 2 heteroatoms. The first kappa shape index (κ1) is 8.98. The fraction of sp³-hybridized carbons (Fsp3) is 0.385. The average molecular weight is 201 g/mol. The van der Waals surface area contributed by atoms with Crippen LogP contribution in [0.15, 0.2) is 30.5 Å². The van der Waals surface area contributed by atoms with E-state index < -0.39 is 0 Å². The second kappa shape index (κ2) is 3.70. The van der Waals surface area contributed by atoms with Gasteiger partial charge < -0.3 is 9.88 Å². The zero-order valence-corrected chi connectivity index (χ0v) is 8.92. The molecule has 15 heavy (non-hydrogen) atoms. The van der Waals surface area contributed by atoms with E-state index in [1.165, 1.54) is 48.9 Å². The average Bonchev–Trinajstić information content (AvgIpc) is 2.89. The predicted molar refractivity (Wildman–Crippen MR) is 61.9 cm³/mol. The van der Waals surface area contributed by atoms with Crippen molar-refractivity contribution in [3.05, 3.63) is 36.0 Å². The predicted octanol–water partition coefficient (Wildman–Crippen LogP) is 1.35. The van der Waals surface area contributed by atoms with Crippen LogP contribution in [0.5, 0.6) is 0 Å². The van der Waals surface area contributed by atoms with E-state index in [9.17, 15) is 0 Å². The first-order valence-electron chi connectivity index (χ1n) is 5.82. The van der Waals surface area contributed by atoms with E-state index in [4.69, 9.17) is 0 Å². The van der Waals surface area contributed by atoms with Crippen LogP contribution in [0, 0.1) is 0 Å². The third kappa shape index (κ3) is 1.65. The highest BCUT2D eigenvalue weighted by Crippen LogP contribution is 2.16. The summed E-state index contributed by atoms with van der Waals surface area (Å²) in [6, 6.07) is 8.58. The first-order chi connectivity index (χ1) is 7.43. The van der Waals surface area contributed by atoms with Gasteiger partial charge in [-0.3, -0.25) is 0 Å². The van der Waals surface area contributed by atoms with Crippen LogP contribution in [0.2, 0.25) is 0 Å². The Morgan fingerprint density at radius 1 is 1.13 bits per heavy atom. The van der Waals surface area contributed by atoms with Crippen molar-refractivity contribution in [1.29, 1.82) is 0 Å². The Labute approximate surface area is 89.9 Å². The van der Waals surface area contributed by atoms with Gasteiger partial charge in [0.2, 0.25) is 0 Å². The van der Waals surface area contributed by atoms with Gasteiger partial charge in [0, 0.05) is 35.5 Å². The van der Waals surface area contributed by atoms with Crippen molar-refractivity contribution in [3.63, 3.8) is 0 Å². The number of hydrogen-bond acceptors (Lipinski definition) is 0. The molecule has 3 rings (SSSR count). The molecule has 1 saturated heterocycles. The Balaban J connectivity index is 1.90. The number of aromatic nitrogens is 1. The molecule has 0 saturated carbocycles. The minimum atomic E-state index is 1.18. The standard InChI is InChI=1S/C13H16N2/c1-2-6-13-12(5-1)11(9-14-13)10-15-7-3-4-8-15/h1-2,5-6,9,14H,3-4,7-8,10H2/p+1. The Kier molecular flexibility index (Phi) is 2.22. The van der Waals surface area contributed by atoms with Crippen molar-refractivity contribution in [1.82, 2.24) is 4.98 Å². The van der Waals surface area contributed by atoms with Gasteiger partial charge in [-0.25, -0.2) is 0 Å². The van der Waals surface area contributed by atoms with Gasteiger partial charge >= 0.3 is 0 Å². The highest BCUT2D eigenvalue weighted by atomic mass is 15.1. The van der Waals surface area contributed by atoms with E-state index in [1.54, 1.807) is 4.90 Å². The maximum atomic E-state index is 3.35. The molecule has 0 aliphatic carbocycles. The maximum Gasteiger partial charge on any atom is 0.105 e. The Bertz CT molecular complexity index is 452. The number of benzene rings is 1. The molecule has 78 valence electrons. The quantitative estimate of drug-likeness (QED) is 0.731. The lowest BCUT2D eigenvalue weighted by Crippen LogP contribution is -3.08. The largest absolute Gasteiger partial charge is 0.361 e. The summed E-state index contributed by atoms with van der Waals surface area (Å²) in [5, 5.41) is 1.40. The zero-order valence-electron chi connectivity index (χ0n) is 8.92. The molecule has 1 aliphatic heterocycles. The van der Waals surface area contributed by atoms with Crippen molar-refractivity contribution < 1.29 is 4.90 Å². The van der Waals surface area contributed by atoms with Crippen LogP contribution in [-0.4, -0.2) is 18.1 Å². The monoisotopic (exact) mass is 201 g/mol. The number of H-pyrrole nitrogens is 1. The third-order valence-electron chi connectivity index (χ3n) is 3.43. The lowest BCUT2D eigenvalue weighted by atomic mass is 10.2. The molecule has 2 heterocycles. The van der Waals surface area contributed by atoms with E-state index in [1.807, 2.05) is 0 Å². The van der Waals surface area contributed by atoms with E-state index >= 15 is 0 Å². The maximum absolute atomic E-state index is 3.35. The number of para-hydroxylation sites is 1. The van der Waals surface area contributed by atoms with Crippen LogP contribution in [0.25, 0.3) is 10.9 Å². The summed E-state index contributed by atoms with van der Waals surface area (Å²) >= 11 is 0. The summed E-state index contributed by atoms with van der Waals surface area (Å²) in [7, 11) is 0. The molecular formula is C13H17N2+. The summed E-state index contributed by atoms with van der Waals surface area (Å²) in [5.41, 5.74) is 2.74. The second-order valence-electron chi connectivity index (χ2n) is 4.49. The van der Waals surface area contributed by atoms with Crippen LogP contribution < -0.4 is 4.90 Å². The SMILES string of the molecule is c1ccc2c(C[NH+]3CCCC3)c[nH]c2c1. The van der Waals surface area contributed by atoms with Crippen molar-refractivity contribution in [3.8, 4) is 0 Å². The number of fused-ring (bicyclic) bond motifs is 1. The topological polar surface area (TPSA) is 20.2 Å². The van der Waals surface area contributed by atoms with Crippen LogP contribution in [-0.2, 0) is 6.54 Å². The minimum absolute atomic E-state index is 1.18. The summed E-state index contributed by atoms with van der Waals surface area (Å²) < 4.78 is 0. The van der Waals surface area contributed by atoms with E-state index in [0.717, 1.165) is 0 Å². The highest BCUT2D eigenvalue weighted by molar-refractivity contribution is 5.82. The van der Waals surface area contributed by atoms with Crippen molar-refractivity contribution in [2.75, 3.05) is 13.1 Å². The van der Waals surface area contributed by atoms with Crippen LogP contribution in [0.3, 0.4) is 0 Å². The van der Waals surface area contributed by atoms with Crippen LogP contribution in [0.1, 0.15) is 18.4 Å². The summed E-state index contributed by atoms with van der Waals surface area (Å²) in [6.45, 7) is 3.88. The van der Waals surface area contributed by atoms with Gasteiger partial charge in [-0.2, -0.15) is 0 Å². The van der Waals surface area contributed by atoms with Gasteiger partial charge in [-0.15, -0.1) is 0 Å². The Morgan fingerprint density at radius 2 is 1.93 bits per heavy atom. The van der Waals surface area contributed by atoms with Gasteiger partial charge in [0.05, 0.1) is 13.1 Å².